The van der Waals surface area contributed by atoms with Crippen LogP contribution in [-0.2, 0) is 17.8 Å². The second kappa shape index (κ2) is 7.06. The molecule has 0 radical (unpaired) electrons. The standard InChI is InChI=1S/C16H15F3N2O/c17-16(18,19)15(22)21(12-13-6-2-1-3-7-13)11-9-14-8-4-5-10-20-14/h1-8,10H,9,11-12H2. The Bertz CT molecular complexity index is 600. The van der Waals surface area contributed by atoms with E-state index in [-0.39, 0.29) is 19.5 Å². The number of hydrogen-bond acceptors (Lipinski definition) is 2. The highest BCUT2D eigenvalue weighted by Crippen LogP contribution is 2.20. The van der Waals surface area contributed by atoms with Gasteiger partial charge < -0.3 is 4.90 Å². The lowest BCUT2D eigenvalue weighted by molar-refractivity contribution is -0.186. The Hall–Kier alpha value is -2.37. The van der Waals surface area contributed by atoms with Crippen LogP contribution in [0.2, 0.25) is 0 Å². The summed E-state index contributed by atoms with van der Waals surface area (Å²) in [6, 6.07) is 13.8. The van der Waals surface area contributed by atoms with Gasteiger partial charge in [0.25, 0.3) is 0 Å². The Kier molecular flexibility index (Phi) is 5.14. The molecule has 0 aliphatic rings. The molecule has 0 aliphatic carbocycles. The summed E-state index contributed by atoms with van der Waals surface area (Å²) in [5.74, 6) is -1.83. The summed E-state index contributed by atoms with van der Waals surface area (Å²) in [5.41, 5.74) is 1.30. The first-order valence-corrected chi connectivity index (χ1v) is 6.77. The monoisotopic (exact) mass is 308 g/mol. The highest BCUT2D eigenvalue weighted by Gasteiger charge is 2.42. The van der Waals surface area contributed by atoms with Crippen molar-refractivity contribution < 1.29 is 18.0 Å². The van der Waals surface area contributed by atoms with E-state index in [9.17, 15) is 18.0 Å². The van der Waals surface area contributed by atoms with E-state index in [0.29, 0.717) is 11.3 Å². The van der Waals surface area contributed by atoms with E-state index >= 15 is 0 Å². The van der Waals surface area contributed by atoms with Gasteiger partial charge in [-0.15, -0.1) is 0 Å². The van der Waals surface area contributed by atoms with Crippen molar-refractivity contribution >= 4 is 5.91 Å². The van der Waals surface area contributed by atoms with Gasteiger partial charge in [0, 0.05) is 31.4 Å². The van der Waals surface area contributed by atoms with Crippen LogP contribution in [0, 0.1) is 0 Å². The summed E-state index contributed by atoms with van der Waals surface area (Å²) in [6.07, 6.45) is -3.03. The van der Waals surface area contributed by atoms with E-state index in [1.165, 1.54) is 0 Å². The molecule has 0 atom stereocenters. The normalized spacial score (nSPS) is 11.2. The van der Waals surface area contributed by atoms with Crippen molar-refractivity contribution in [1.29, 1.82) is 0 Å². The minimum atomic E-state index is -4.88. The third-order valence-electron chi connectivity index (χ3n) is 3.11. The Morgan fingerprint density at radius 2 is 1.73 bits per heavy atom. The average molecular weight is 308 g/mol. The van der Waals surface area contributed by atoms with Crippen LogP contribution in [0.15, 0.2) is 54.7 Å². The number of carbonyl (C=O) groups is 1. The first kappa shape index (κ1) is 16.0. The van der Waals surface area contributed by atoms with Gasteiger partial charge >= 0.3 is 12.1 Å². The minimum absolute atomic E-state index is 0.0374. The Labute approximate surface area is 126 Å². The third kappa shape index (κ3) is 4.58. The van der Waals surface area contributed by atoms with Crippen molar-refractivity contribution in [3.05, 3.63) is 66.0 Å². The fourth-order valence-electron chi connectivity index (χ4n) is 2.03. The predicted octanol–water partition coefficient (Wildman–Crippen LogP) is 3.22. The number of halogens is 3. The third-order valence-corrected chi connectivity index (χ3v) is 3.11. The van der Waals surface area contributed by atoms with E-state index in [2.05, 4.69) is 4.98 Å². The molecular formula is C16H15F3N2O. The maximum absolute atomic E-state index is 12.7. The molecule has 0 saturated heterocycles. The molecule has 0 bridgehead atoms. The molecule has 0 spiro atoms. The van der Waals surface area contributed by atoms with Crippen LogP contribution in [0.25, 0.3) is 0 Å². The van der Waals surface area contributed by atoms with Gasteiger partial charge in [-0.1, -0.05) is 36.4 Å². The summed E-state index contributed by atoms with van der Waals surface area (Å²) >= 11 is 0. The molecule has 2 aromatic rings. The highest BCUT2D eigenvalue weighted by atomic mass is 19.4. The quantitative estimate of drug-likeness (QED) is 0.850. The fourth-order valence-corrected chi connectivity index (χ4v) is 2.03. The first-order chi connectivity index (χ1) is 10.5. The SMILES string of the molecule is O=C(N(CCc1ccccn1)Cc1ccccc1)C(F)(F)F. The summed E-state index contributed by atoms with van der Waals surface area (Å²) in [5, 5.41) is 0. The fraction of sp³-hybridized carbons (Fsp3) is 0.250. The lowest BCUT2D eigenvalue weighted by Crippen LogP contribution is -2.41. The number of rotatable bonds is 5. The molecule has 0 saturated carbocycles. The number of pyridine rings is 1. The topological polar surface area (TPSA) is 33.2 Å². The van der Waals surface area contributed by atoms with Crippen LogP contribution in [0.3, 0.4) is 0 Å². The van der Waals surface area contributed by atoms with Crippen molar-refractivity contribution in [1.82, 2.24) is 9.88 Å². The van der Waals surface area contributed by atoms with Crippen LogP contribution < -0.4 is 0 Å². The maximum Gasteiger partial charge on any atom is 0.471 e. The zero-order chi connectivity index (χ0) is 16.0. The van der Waals surface area contributed by atoms with Crippen molar-refractivity contribution in [3.63, 3.8) is 0 Å². The smallest absolute Gasteiger partial charge is 0.330 e. The second-order valence-corrected chi connectivity index (χ2v) is 4.78. The molecule has 0 aliphatic heterocycles. The molecule has 6 heteroatoms. The van der Waals surface area contributed by atoms with Crippen LogP contribution >= 0.6 is 0 Å². The molecule has 2 rings (SSSR count). The Balaban J connectivity index is 2.09. The average Bonchev–Trinajstić information content (AvgIpc) is 2.52. The number of benzene rings is 1. The van der Waals surface area contributed by atoms with E-state index in [4.69, 9.17) is 0 Å². The molecule has 1 aromatic carbocycles. The largest absolute Gasteiger partial charge is 0.471 e. The molecule has 1 heterocycles. The molecular weight excluding hydrogens is 293 g/mol. The van der Waals surface area contributed by atoms with Crippen molar-refractivity contribution in [3.8, 4) is 0 Å². The van der Waals surface area contributed by atoms with E-state index in [1.807, 2.05) is 0 Å². The number of alkyl halides is 3. The van der Waals surface area contributed by atoms with E-state index in [1.54, 1.807) is 54.7 Å². The van der Waals surface area contributed by atoms with Crippen LogP contribution in [-0.4, -0.2) is 28.5 Å². The zero-order valence-corrected chi connectivity index (χ0v) is 11.8. The summed E-state index contributed by atoms with van der Waals surface area (Å²) in [7, 11) is 0. The van der Waals surface area contributed by atoms with Crippen LogP contribution in [0.1, 0.15) is 11.3 Å². The van der Waals surface area contributed by atoms with Gasteiger partial charge in [0.05, 0.1) is 0 Å². The first-order valence-electron chi connectivity index (χ1n) is 6.77. The molecule has 0 fully saturated rings. The van der Waals surface area contributed by atoms with Gasteiger partial charge in [0.2, 0.25) is 0 Å². The van der Waals surface area contributed by atoms with Crippen molar-refractivity contribution in [2.45, 2.75) is 19.1 Å². The van der Waals surface area contributed by atoms with Gasteiger partial charge in [0.1, 0.15) is 0 Å². The number of hydrogen-bond donors (Lipinski definition) is 0. The maximum atomic E-state index is 12.7. The number of amides is 1. The van der Waals surface area contributed by atoms with Gasteiger partial charge in [0.15, 0.2) is 0 Å². The van der Waals surface area contributed by atoms with Crippen molar-refractivity contribution in [2.75, 3.05) is 6.54 Å². The molecule has 3 nitrogen and oxygen atoms in total. The van der Waals surface area contributed by atoms with Crippen LogP contribution in [0.5, 0.6) is 0 Å². The van der Waals surface area contributed by atoms with Gasteiger partial charge in [-0.25, -0.2) is 0 Å². The summed E-state index contributed by atoms with van der Waals surface area (Å²) < 4.78 is 38.2. The second-order valence-electron chi connectivity index (χ2n) is 4.78. The van der Waals surface area contributed by atoms with Gasteiger partial charge in [-0.3, -0.25) is 9.78 Å². The summed E-state index contributed by atoms with van der Waals surface area (Å²) in [6.45, 7) is -0.115. The van der Waals surface area contributed by atoms with Gasteiger partial charge in [-0.05, 0) is 17.7 Å². The van der Waals surface area contributed by atoms with Gasteiger partial charge in [-0.2, -0.15) is 13.2 Å². The molecule has 0 N–H and O–H groups in total. The summed E-state index contributed by atoms with van der Waals surface area (Å²) in [4.78, 5) is 16.4. The van der Waals surface area contributed by atoms with E-state index in [0.717, 1.165) is 4.90 Å². The van der Waals surface area contributed by atoms with Crippen molar-refractivity contribution in [2.24, 2.45) is 0 Å². The Morgan fingerprint density at radius 1 is 1.05 bits per heavy atom. The molecule has 1 amide bonds. The molecule has 0 unspecified atom stereocenters. The number of aromatic nitrogens is 1. The predicted molar refractivity (Wildman–Crippen MR) is 75.9 cm³/mol. The molecule has 1 aromatic heterocycles. The zero-order valence-electron chi connectivity index (χ0n) is 11.8. The highest BCUT2D eigenvalue weighted by molar-refractivity contribution is 5.81. The minimum Gasteiger partial charge on any atom is -0.330 e. The van der Waals surface area contributed by atoms with Crippen LogP contribution in [0.4, 0.5) is 13.2 Å². The van der Waals surface area contributed by atoms with E-state index < -0.39 is 12.1 Å². The lowest BCUT2D eigenvalue weighted by atomic mass is 10.2. The number of nitrogens with zero attached hydrogens (tertiary/aromatic N) is 2. The number of carbonyl (C=O) groups excluding carboxylic acids is 1. The Morgan fingerprint density at radius 3 is 2.32 bits per heavy atom. The molecule has 22 heavy (non-hydrogen) atoms. The molecule has 116 valence electrons. The lowest BCUT2D eigenvalue weighted by Gasteiger charge is -2.23.